The summed E-state index contributed by atoms with van der Waals surface area (Å²) in [4.78, 5) is 4.10. The van der Waals surface area contributed by atoms with E-state index in [1.54, 1.807) is 6.07 Å². The summed E-state index contributed by atoms with van der Waals surface area (Å²) in [5.74, 6) is -0.337. The smallest absolute Gasteiger partial charge is 0.295 e. The van der Waals surface area contributed by atoms with Crippen molar-refractivity contribution in [2.24, 2.45) is 0 Å². The Labute approximate surface area is 91.1 Å². The number of halogens is 1. The van der Waals surface area contributed by atoms with Gasteiger partial charge in [-0.15, -0.1) is 0 Å². The Kier molecular flexibility index (Phi) is 2.07. The van der Waals surface area contributed by atoms with Crippen molar-refractivity contribution in [1.82, 2.24) is 4.98 Å². The highest BCUT2D eigenvalue weighted by Crippen LogP contribution is 2.26. The minimum atomic E-state index is -0.341. The molecule has 0 aliphatic heterocycles. The average Bonchev–Trinajstić information content (AvgIpc) is 2.65. The highest BCUT2D eigenvalue weighted by atomic mass is 19.1. The zero-order chi connectivity index (χ0) is 11.1. The van der Waals surface area contributed by atoms with Gasteiger partial charge in [-0.2, -0.15) is 4.98 Å². The molecule has 1 heterocycles. The van der Waals surface area contributed by atoms with E-state index in [2.05, 4.69) is 10.3 Å². The number of anilines is 1. The first kappa shape index (κ1) is 9.59. The fourth-order valence-electron chi connectivity index (χ4n) is 1.77. The molecule has 0 spiro atoms. The second-order valence-corrected chi connectivity index (χ2v) is 4.03. The fraction of sp³-hybridized carbons (Fsp3) is 0.364. The molecule has 1 aliphatic rings. The van der Waals surface area contributed by atoms with E-state index in [1.165, 1.54) is 12.1 Å². The molecule has 2 N–H and O–H groups in total. The molecule has 16 heavy (non-hydrogen) atoms. The molecule has 0 unspecified atom stereocenters. The van der Waals surface area contributed by atoms with Crippen molar-refractivity contribution in [3.05, 3.63) is 24.0 Å². The molecule has 0 saturated heterocycles. The predicted molar refractivity (Wildman–Crippen MR) is 56.6 cm³/mol. The maximum atomic E-state index is 12.9. The maximum Gasteiger partial charge on any atom is 0.295 e. The second kappa shape index (κ2) is 3.45. The van der Waals surface area contributed by atoms with E-state index in [1.807, 2.05) is 0 Å². The lowest BCUT2D eigenvalue weighted by atomic mass is 9.89. The van der Waals surface area contributed by atoms with Crippen molar-refractivity contribution >= 4 is 17.1 Å². The van der Waals surface area contributed by atoms with Crippen LogP contribution in [0.4, 0.5) is 10.4 Å². The third-order valence-corrected chi connectivity index (χ3v) is 2.90. The predicted octanol–water partition coefficient (Wildman–Crippen LogP) is 1.90. The maximum absolute atomic E-state index is 12.9. The van der Waals surface area contributed by atoms with E-state index >= 15 is 0 Å². The number of aliphatic hydroxyl groups excluding tert-OH is 1. The Morgan fingerprint density at radius 3 is 3.00 bits per heavy atom. The number of rotatable bonds is 2. The summed E-state index contributed by atoms with van der Waals surface area (Å²) in [6.07, 6.45) is 1.35. The highest BCUT2D eigenvalue weighted by Gasteiger charge is 2.29. The molecule has 1 aromatic carbocycles. The highest BCUT2D eigenvalue weighted by molar-refractivity contribution is 5.74. The van der Waals surface area contributed by atoms with E-state index < -0.39 is 0 Å². The van der Waals surface area contributed by atoms with Crippen molar-refractivity contribution in [3.8, 4) is 0 Å². The van der Waals surface area contributed by atoms with Gasteiger partial charge in [0.25, 0.3) is 6.01 Å². The second-order valence-electron chi connectivity index (χ2n) is 4.03. The van der Waals surface area contributed by atoms with Gasteiger partial charge in [-0.3, -0.25) is 0 Å². The molecule has 0 bridgehead atoms. The number of aliphatic hydroxyl groups is 1. The van der Waals surface area contributed by atoms with Crippen LogP contribution in [0.5, 0.6) is 0 Å². The van der Waals surface area contributed by atoms with Gasteiger partial charge >= 0.3 is 0 Å². The van der Waals surface area contributed by atoms with Gasteiger partial charge in [0.2, 0.25) is 0 Å². The molecule has 3 rings (SSSR count). The van der Waals surface area contributed by atoms with E-state index in [0.29, 0.717) is 17.1 Å². The Bertz CT molecular complexity index is 526. The van der Waals surface area contributed by atoms with Gasteiger partial charge < -0.3 is 14.8 Å². The Morgan fingerprint density at radius 1 is 1.44 bits per heavy atom. The number of nitrogens with one attached hydrogen (secondary N) is 1. The Hall–Kier alpha value is -1.62. The molecule has 1 aromatic heterocycles. The van der Waals surface area contributed by atoms with Crippen LogP contribution in [0.2, 0.25) is 0 Å². The Balaban J connectivity index is 1.87. The van der Waals surface area contributed by atoms with Gasteiger partial charge in [0.05, 0.1) is 12.1 Å². The van der Waals surface area contributed by atoms with E-state index in [9.17, 15) is 9.50 Å². The van der Waals surface area contributed by atoms with Crippen molar-refractivity contribution in [2.75, 3.05) is 5.32 Å². The molecule has 0 amide bonds. The summed E-state index contributed by atoms with van der Waals surface area (Å²) in [6.45, 7) is 0. The van der Waals surface area contributed by atoms with E-state index in [0.717, 1.165) is 12.8 Å². The van der Waals surface area contributed by atoms with E-state index in [-0.39, 0.29) is 18.0 Å². The molecule has 1 fully saturated rings. The molecule has 2 aromatic rings. The number of nitrogens with zero attached hydrogens (tertiary/aromatic N) is 1. The zero-order valence-corrected chi connectivity index (χ0v) is 8.48. The van der Waals surface area contributed by atoms with Crippen LogP contribution >= 0.6 is 0 Å². The molecule has 1 aliphatic carbocycles. The number of hydrogen-bond acceptors (Lipinski definition) is 4. The molecule has 0 radical (unpaired) electrons. The molecule has 5 heteroatoms. The normalized spacial score (nSPS) is 24.4. The van der Waals surface area contributed by atoms with Crippen LogP contribution in [0.25, 0.3) is 11.1 Å². The van der Waals surface area contributed by atoms with Gasteiger partial charge in [-0.25, -0.2) is 4.39 Å². The summed E-state index contributed by atoms with van der Waals surface area (Å²) in [5.41, 5.74) is 1.02. The molecular formula is C11H11FN2O2. The molecule has 84 valence electrons. The van der Waals surface area contributed by atoms with Gasteiger partial charge in [0.15, 0.2) is 5.58 Å². The van der Waals surface area contributed by atoms with Gasteiger partial charge in [-0.1, -0.05) is 0 Å². The number of fused-ring (bicyclic) bond motifs is 1. The number of hydrogen-bond donors (Lipinski definition) is 2. The van der Waals surface area contributed by atoms with Gasteiger partial charge in [0.1, 0.15) is 11.3 Å². The third kappa shape index (κ3) is 1.53. The van der Waals surface area contributed by atoms with Crippen molar-refractivity contribution < 1.29 is 13.9 Å². The standard InChI is InChI=1S/C11H11FN2O2/c12-6-1-4-10-8(5-6)14-11(16-10)13-7-2-3-9(7)15/h1,4-5,7,9,15H,2-3H2,(H,13,14)/t7-,9-/m0/s1. The average molecular weight is 222 g/mol. The minimum absolute atomic E-state index is 0.00194. The fourth-order valence-corrected chi connectivity index (χ4v) is 1.77. The monoisotopic (exact) mass is 222 g/mol. The van der Waals surface area contributed by atoms with Crippen LogP contribution in [0.3, 0.4) is 0 Å². The van der Waals surface area contributed by atoms with Crippen LogP contribution in [0, 0.1) is 5.82 Å². The van der Waals surface area contributed by atoms with Crippen molar-refractivity contribution in [2.45, 2.75) is 25.0 Å². The molecular weight excluding hydrogens is 211 g/mol. The van der Waals surface area contributed by atoms with Crippen molar-refractivity contribution in [3.63, 3.8) is 0 Å². The lowest BCUT2D eigenvalue weighted by molar-refractivity contribution is 0.0775. The van der Waals surface area contributed by atoms with Crippen LogP contribution < -0.4 is 5.32 Å². The molecule has 1 saturated carbocycles. The molecule has 2 atom stereocenters. The Morgan fingerprint density at radius 2 is 2.31 bits per heavy atom. The lowest BCUT2D eigenvalue weighted by Gasteiger charge is -2.32. The SMILES string of the molecule is O[C@H]1CC[C@@H]1Nc1nc2cc(F)ccc2o1. The van der Waals surface area contributed by atoms with Crippen LogP contribution in [0.15, 0.2) is 22.6 Å². The first-order chi connectivity index (χ1) is 7.72. The summed E-state index contributed by atoms with van der Waals surface area (Å²) in [5, 5.41) is 12.4. The van der Waals surface area contributed by atoms with Gasteiger partial charge in [-0.05, 0) is 25.0 Å². The number of benzene rings is 1. The summed E-state index contributed by atoms with van der Waals surface area (Å²) < 4.78 is 18.3. The largest absolute Gasteiger partial charge is 0.424 e. The number of oxazole rings is 1. The zero-order valence-electron chi connectivity index (χ0n) is 8.48. The molecule has 4 nitrogen and oxygen atoms in total. The first-order valence-electron chi connectivity index (χ1n) is 5.23. The lowest BCUT2D eigenvalue weighted by Crippen LogP contribution is -2.42. The first-order valence-corrected chi connectivity index (χ1v) is 5.23. The third-order valence-electron chi connectivity index (χ3n) is 2.90. The van der Waals surface area contributed by atoms with Gasteiger partial charge in [0, 0.05) is 6.07 Å². The summed E-state index contributed by atoms with van der Waals surface area (Å²) in [7, 11) is 0. The van der Waals surface area contributed by atoms with Crippen LogP contribution in [-0.2, 0) is 0 Å². The quantitative estimate of drug-likeness (QED) is 0.814. The van der Waals surface area contributed by atoms with Crippen LogP contribution in [-0.4, -0.2) is 22.2 Å². The minimum Gasteiger partial charge on any atom is -0.424 e. The number of aromatic nitrogens is 1. The summed E-state index contributed by atoms with van der Waals surface area (Å²) in [6, 6.07) is 4.53. The van der Waals surface area contributed by atoms with E-state index in [4.69, 9.17) is 4.42 Å². The summed E-state index contributed by atoms with van der Waals surface area (Å²) >= 11 is 0. The van der Waals surface area contributed by atoms with Crippen LogP contribution in [0.1, 0.15) is 12.8 Å². The topological polar surface area (TPSA) is 58.3 Å². The van der Waals surface area contributed by atoms with Crippen molar-refractivity contribution in [1.29, 1.82) is 0 Å².